The molecule has 5 N–H and O–H groups in total. The third kappa shape index (κ3) is 5.78. The molecular weight excluding hydrogens is 589 g/mol. The Labute approximate surface area is 265 Å². The number of aromatic nitrogens is 1. The summed E-state index contributed by atoms with van der Waals surface area (Å²) in [6, 6.07) is 9.08. The summed E-state index contributed by atoms with van der Waals surface area (Å²) in [5, 5.41) is 9.78. The maximum absolute atomic E-state index is 16.6. The van der Waals surface area contributed by atoms with Crippen molar-refractivity contribution in [3.63, 3.8) is 0 Å². The number of anilines is 2. The number of nitrogens with one attached hydrogen (secondary N) is 3. The Hall–Kier alpha value is -5.03. The standard InChI is InChI=1S/C34H34FN7O2S/c1-18(43)27-10-11-28(45-27)23-7-6-20(36)13-24-31(23)38-16-25(41-24)32-29-26(42(5)17-39-32)9-8-22(30(29)35)19-12-21(15-37-14-19)40-33(44)34(2,3)4/h6-12,14-16,38,41H,13,17,36H2,1-5H3,(H,40,44). The van der Waals surface area contributed by atoms with E-state index >= 15 is 4.39 Å². The van der Waals surface area contributed by atoms with Gasteiger partial charge in [0.25, 0.3) is 0 Å². The van der Waals surface area contributed by atoms with E-state index in [9.17, 15) is 9.59 Å². The van der Waals surface area contributed by atoms with Gasteiger partial charge in [-0.15, -0.1) is 11.3 Å². The fourth-order valence-corrected chi connectivity index (χ4v) is 6.20. The van der Waals surface area contributed by atoms with E-state index in [0.29, 0.717) is 63.1 Å². The number of Topliss-reactive ketones (excluding diaryl/α,β-unsaturated/α-hetero) is 1. The highest BCUT2D eigenvalue weighted by Crippen LogP contribution is 2.38. The smallest absolute Gasteiger partial charge is 0.229 e. The van der Waals surface area contributed by atoms with Crippen LogP contribution in [0, 0.1) is 11.2 Å². The van der Waals surface area contributed by atoms with Crippen LogP contribution in [-0.2, 0) is 4.79 Å². The number of aliphatic imine (C=N–C) groups is 1. The van der Waals surface area contributed by atoms with Crippen LogP contribution in [0.1, 0.15) is 54.2 Å². The zero-order chi connectivity index (χ0) is 32.0. The second kappa shape index (κ2) is 11.5. The van der Waals surface area contributed by atoms with Gasteiger partial charge in [0.1, 0.15) is 12.5 Å². The van der Waals surface area contributed by atoms with Gasteiger partial charge in [0.15, 0.2) is 5.78 Å². The zero-order valence-electron chi connectivity index (χ0n) is 25.7. The quantitative estimate of drug-likeness (QED) is 0.261. The number of allylic oxidation sites excluding steroid dienone is 4. The highest BCUT2D eigenvalue weighted by Gasteiger charge is 2.30. The first-order valence-electron chi connectivity index (χ1n) is 14.5. The zero-order valence-corrected chi connectivity index (χ0v) is 26.5. The fraction of sp³-hybridized carbons (Fsp3) is 0.235. The molecule has 0 atom stereocenters. The third-order valence-electron chi connectivity index (χ3n) is 7.73. The Kier molecular flexibility index (Phi) is 7.65. The molecule has 0 spiro atoms. The van der Waals surface area contributed by atoms with Crippen molar-refractivity contribution in [1.29, 1.82) is 0 Å². The normalized spacial score (nSPS) is 16.2. The van der Waals surface area contributed by atoms with Crippen molar-refractivity contribution in [2.75, 3.05) is 23.9 Å². The Bertz CT molecular complexity index is 1910. The van der Waals surface area contributed by atoms with Crippen molar-refractivity contribution in [2.24, 2.45) is 16.1 Å². The number of nitrogens with zero attached hydrogens (tertiary/aromatic N) is 3. The van der Waals surface area contributed by atoms with Crippen molar-refractivity contribution in [1.82, 2.24) is 15.6 Å². The molecule has 1 aliphatic carbocycles. The number of thiophene rings is 1. The number of ketones is 1. The first-order valence-corrected chi connectivity index (χ1v) is 15.3. The molecule has 0 fully saturated rings. The van der Waals surface area contributed by atoms with Gasteiger partial charge in [0.2, 0.25) is 5.91 Å². The van der Waals surface area contributed by atoms with Gasteiger partial charge in [0.05, 0.1) is 45.1 Å². The van der Waals surface area contributed by atoms with Gasteiger partial charge in [-0.05, 0) is 49.4 Å². The Morgan fingerprint density at radius 3 is 2.67 bits per heavy atom. The molecule has 11 heteroatoms. The highest BCUT2D eigenvalue weighted by molar-refractivity contribution is 7.15. The maximum atomic E-state index is 16.6. The molecule has 2 aliphatic heterocycles. The van der Waals surface area contributed by atoms with Crippen molar-refractivity contribution in [2.45, 2.75) is 34.1 Å². The average molecular weight is 624 g/mol. The largest absolute Gasteiger partial charge is 0.402 e. The van der Waals surface area contributed by atoms with E-state index in [4.69, 9.17) is 10.7 Å². The van der Waals surface area contributed by atoms with E-state index in [1.807, 2.05) is 63.1 Å². The minimum atomic E-state index is -0.595. The van der Waals surface area contributed by atoms with Gasteiger partial charge in [0, 0.05) is 64.3 Å². The number of hydrogen-bond donors (Lipinski definition) is 4. The molecule has 1 aromatic carbocycles. The van der Waals surface area contributed by atoms with Crippen LogP contribution in [-0.4, -0.2) is 36.1 Å². The van der Waals surface area contributed by atoms with Crippen molar-refractivity contribution >= 4 is 45.7 Å². The monoisotopic (exact) mass is 623 g/mol. The van der Waals surface area contributed by atoms with Gasteiger partial charge in [-0.1, -0.05) is 20.8 Å². The number of pyridine rings is 1. The van der Waals surface area contributed by atoms with Crippen molar-refractivity contribution in [3.8, 4) is 11.1 Å². The number of carbonyl (C=O) groups excluding carboxylic acids is 2. The summed E-state index contributed by atoms with van der Waals surface area (Å²) in [7, 11) is 1.87. The molecule has 230 valence electrons. The predicted octanol–water partition coefficient (Wildman–Crippen LogP) is 5.91. The lowest BCUT2D eigenvalue weighted by molar-refractivity contribution is -0.123. The predicted molar refractivity (Wildman–Crippen MR) is 178 cm³/mol. The van der Waals surface area contributed by atoms with E-state index in [1.165, 1.54) is 11.3 Å². The summed E-state index contributed by atoms with van der Waals surface area (Å²) >= 11 is 1.42. The number of halogens is 1. The molecule has 4 heterocycles. The summed E-state index contributed by atoms with van der Waals surface area (Å²) in [6.45, 7) is 7.37. The minimum Gasteiger partial charge on any atom is -0.402 e. The molecule has 2 aromatic heterocycles. The van der Waals surface area contributed by atoms with Crippen LogP contribution >= 0.6 is 11.3 Å². The van der Waals surface area contributed by atoms with Gasteiger partial charge in [-0.3, -0.25) is 19.6 Å². The number of hydrogen-bond acceptors (Lipinski definition) is 9. The molecule has 3 aromatic rings. The van der Waals surface area contributed by atoms with Crippen molar-refractivity contribution in [3.05, 3.63) is 105 Å². The fourth-order valence-electron chi connectivity index (χ4n) is 5.27. The molecule has 6 rings (SSSR count). The van der Waals surface area contributed by atoms with Crippen LogP contribution in [0.2, 0.25) is 0 Å². The number of benzene rings is 1. The van der Waals surface area contributed by atoms with Crippen LogP contribution < -0.4 is 26.6 Å². The van der Waals surface area contributed by atoms with E-state index in [-0.39, 0.29) is 11.7 Å². The van der Waals surface area contributed by atoms with Gasteiger partial charge in [-0.25, -0.2) is 4.39 Å². The number of rotatable bonds is 5. The molecule has 0 saturated carbocycles. The van der Waals surface area contributed by atoms with Crippen LogP contribution in [0.3, 0.4) is 0 Å². The maximum Gasteiger partial charge on any atom is 0.229 e. The van der Waals surface area contributed by atoms with Crippen molar-refractivity contribution < 1.29 is 14.0 Å². The number of fused-ring (bicyclic) bond motifs is 1. The summed E-state index contributed by atoms with van der Waals surface area (Å²) in [5.74, 6) is -0.595. The van der Waals surface area contributed by atoms with Crippen LogP contribution in [0.5, 0.6) is 0 Å². The molecular formula is C34H34FN7O2S. The lowest BCUT2D eigenvalue weighted by atomic mass is 9.94. The molecule has 45 heavy (non-hydrogen) atoms. The molecule has 0 unspecified atom stereocenters. The van der Waals surface area contributed by atoms with Gasteiger partial charge < -0.3 is 26.6 Å². The van der Waals surface area contributed by atoms with Crippen LogP contribution in [0.15, 0.2) is 88.9 Å². The molecule has 9 nitrogen and oxygen atoms in total. The number of carbonyl (C=O) groups is 2. The summed E-state index contributed by atoms with van der Waals surface area (Å²) in [4.78, 5) is 37.1. The molecule has 0 saturated heterocycles. The molecule has 0 bridgehead atoms. The lowest BCUT2D eigenvalue weighted by Crippen LogP contribution is -2.35. The van der Waals surface area contributed by atoms with E-state index in [0.717, 1.165) is 21.8 Å². The Morgan fingerprint density at radius 1 is 1.13 bits per heavy atom. The number of amides is 1. The summed E-state index contributed by atoms with van der Waals surface area (Å²) in [6.07, 6.45) is 9.16. The first-order chi connectivity index (χ1) is 21.4. The van der Waals surface area contributed by atoms with Crippen LogP contribution in [0.4, 0.5) is 15.8 Å². The van der Waals surface area contributed by atoms with Crippen LogP contribution in [0.25, 0.3) is 16.7 Å². The average Bonchev–Trinajstić information content (AvgIpc) is 3.42. The van der Waals surface area contributed by atoms with E-state index in [1.54, 1.807) is 37.7 Å². The lowest BCUT2D eigenvalue weighted by Gasteiger charge is -2.31. The third-order valence-corrected chi connectivity index (χ3v) is 8.95. The number of nitrogens with two attached hydrogens (primary N) is 1. The summed E-state index contributed by atoms with van der Waals surface area (Å²) in [5.41, 5.74) is 12.4. The van der Waals surface area contributed by atoms with Gasteiger partial charge in [-0.2, -0.15) is 0 Å². The Balaban J connectivity index is 1.35. The second-order valence-electron chi connectivity index (χ2n) is 12.2. The molecule has 0 radical (unpaired) electrons. The summed E-state index contributed by atoms with van der Waals surface area (Å²) < 4.78 is 16.6. The first kappa shape index (κ1) is 30.0. The molecule has 1 amide bonds. The topological polar surface area (TPSA) is 125 Å². The highest BCUT2D eigenvalue weighted by atomic mass is 32.1. The molecule has 3 aliphatic rings. The SMILES string of the molecule is CC(=O)c1ccc(C2=CC=C(N)CC3=C2NC=C(C2=NCN(C)c4ccc(-c5cncc(NC(=O)C(C)(C)C)c5)c(F)c42)N3)s1. The second-order valence-corrected chi connectivity index (χ2v) is 13.3. The van der Waals surface area contributed by atoms with E-state index in [2.05, 4.69) is 20.9 Å². The Morgan fingerprint density at radius 2 is 1.93 bits per heavy atom. The van der Waals surface area contributed by atoms with Gasteiger partial charge >= 0.3 is 0 Å². The van der Waals surface area contributed by atoms with E-state index < -0.39 is 11.2 Å². The minimum absolute atomic E-state index is 0.0131.